The first kappa shape index (κ1) is 29.3. The van der Waals surface area contributed by atoms with E-state index >= 15 is 0 Å². The van der Waals surface area contributed by atoms with Crippen molar-refractivity contribution in [2.75, 3.05) is 10.8 Å². The molecule has 3 aromatic rings. The van der Waals surface area contributed by atoms with Crippen LogP contribution in [-0.4, -0.2) is 43.8 Å². The molecule has 1 saturated carbocycles. The van der Waals surface area contributed by atoms with Crippen molar-refractivity contribution in [3.63, 3.8) is 0 Å². The van der Waals surface area contributed by atoms with Gasteiger partial charge in [0, 0.05) is 12.6 Å². The van der Waals surface area contributed by atoms with Gasteiger partial charge >= 0.3 is 0 Å². The Morgan fingerprint density at radius 2 is 1.57 bits per heavy atom. The Kier molecular flexibility index (Phi) is 9.58. The van der Waals surface area contributed by atoms with E-state index in [1.54, 1.807) is 24.3 Å². The lowest BCUT2D eigenvalue weighted by Crippen LogP contribution is -2.53. The monoisotopic (exact) mass is 565 g/mol. The van der Waals surface area contributed by atoms with Crippen LogP contribution < -0.4 is 9.62 Å². The molecule has 0 radical (unpaired) electrons. The van der Waals surface area contributed by atoms with E-state index in [-0.39, 0.29) is 23.4 Å². The maximum Gasteiger partial charge on any atom is 0.264 e. The van der Waals surface area contributed by atoms with Crippen LogP contribution >= 0.6 is 0 Å². The average molecular weight is 566 g/mol. The van der Waals surface area contributed by atoms with Gasteiger partial charge in [-0.05, 0) is 68.1 Å². The molecule has 1 aliphatic carbocycles. The highest BCUT2D eigenvalue weighted by Crippen LogP contribution is 2.26. The van der Waals surface area contributed by atoms with Crippen molar-refractivity contribution in [2.24, 2.45) is 0 Å². The van der Waals surface area contributed by atoms with Crippen LogP contribution in [0.1, 0.15) is 50.2 Å². The number of carbonyl (C=O) groups excluding carboxylic acids is 2. The number of hydrogen-bond donors (Lipinski definition) is 1. The van der Waals surface area contributed by atoms with E-state index in [0.717, 1.165) is 53.2 Å². The standard InChI is InChI=1S/C31H36FN3O4S/c1-3-29(31(37)33-26-11-7-8-12-26)34(21-24-9-5-4-6-10-24)30(36)22-35(27-17-13-23(2)14-18-27)40(38,39)28-19-15-25(32)16-20-28/h4-6,9-10,13-20,26,29H,3,7-8,11-12,21-22H2,1-2H3,(H,33,37)/t29-/m0/s1. The highest BCUT2D eigenvalue weighted by Gasteiger charge is 2.34. The SMILES string of the molecule is CC[C@@H](C(=O)NC1CCCC1)N(Cc1ccccc1)C(=O)CN(c1ccc(C)cc1)S(=O)(=O)c1ccc(F)cc1. The molecule has 0 heterocycles. The first-order valence-electron chi connectivity index (χ1n) is 13.7. The number of halogens is 1. The lowest BCUT2D eigenvalue weighted by atomic mass is 10.1. The summed E-state index contributed by atoms with van der Waals surface area (Å²) in [7, 11) is -4.24. The van der Waals surface area contributed by atoms with E-state index in [4.69, 9.17) is 0 Å². The Labute approximate surface area is 236 Å². The van der Waals surface area contributed by atoms with Gasteiger partial charge in [0.2, 0.25) is 11.8 Å². The van der Waals surface area contributed by atoms with Crippen LogP contribution in [0.4, 0.5) is 10.1 Å². The molecule has 212 valence electrons. The summed E-state index contributed by atoms with van der Waals surface area (Å²) in [5.41, 5.74) is 2.05. The summed E-state index contributed by atoms with van der Waals surface area (Å²) >= 11 is 0. The first-order valence-corrected chi connectivity index (χ1v) is 15.1. The molecule has 0 spiro atoms. The number of carbonyl (C=O) groups is 2. The quantitative estimate of drug-likeness (QED) is 0.347. The molecule has 1 N–H and O–H groups in total. The van der Waals surface area contributed by atoms with Crippen molar-refractivity contribution in [3.05, 3.63) is 95.8 Å². The molecule has 40 heavy (non-hydrogen) atoms. The van der Waals surface area contributed by atoms with Crippen molar-refractivity contribution in [3.8, 4) is 0 Å². The molecular weight excluding hydrogens is 529 g/mol. The molecular formula is C31H36FN3O4S. The minimum Gasteiger partial charge on any atom is -0.352 e. The molecule has 3 aromatic carbocycles. The van der Waals surface area contributed by atoms with Crippen molar-refractivity contribution >= 4 is 27.5 Å². The second-order valence-corrected chi connectivity index (χ2v) is 12.1. The zero-order chi connectivity index (χ0) is 28.7. The fraction of sp³-hybridized carbons (Fsp3) is 0.355. The van der Waals surface area contributed by atoms with Gasteiger partial charge in [-0.25, -0.2) is 12.8 Å². The molecule has 0 aliphatic heterocycles. The molecule has 0 aromatic heterocycles. The molecule has 2 amide bonds. The molecule has 1 aliphatic rings. The third-order valence-electron chi connectivity index (χ3n) is 7.29. The van der Waals surface area contributed by atoms with Crippen LogP contribution in [0.3, 0.4) is 0 Å². The summed E-state index contributed by atoms with van der Waals surface area (Å²) in [6, 6.07) is 19.9. The van der Waals surface area contributed by atoms with Gasteiger partial charge in [0.05, 0.1) is 10.6 Å². The molecule has 4 rings (SSSR count). The summed E-state index contributed by atoms with van der Waals surface area (Å²) in [6.07, 6.45) is 4.30. The van der Waals surface area contributed by atoms with Crippen LogP contribution in [0.2, 0.25) is 0 Å². The zero-order valence-corrected chi connectivity index (χ0v) is 23.7. The summed E-state index contributed by atoms with van der Waals surface area (Å²) in [4.78, 5) is 28.8. The fourth-order valence-electron chi connectivity index (χ4n) is 5.04. The summed E-state index contributed by atoms with van der Waals surface area (Å²) in [5, 5.41) is 3.10. The van der Waals surface area contributed by atoms with E-state index in [1.807, 2.05) is 44.2 Å². The zero-order valence-electron chi connectivity index (χ0n) is 22.9. The predicted octanol–water partition coefficient (Wildman–Crippen LogP) is 5.20. The number of anilines is 1. The van der Waals surface area contributed by atoms with Crippen LogP contribution in [0.15, 0.2) is 83.8 Å². The van der Waals surface area contributed by atoms with Crippen LogP contribution in [-0.2, 0) is 26.2 Å². The Morgan fingerprint density at radius 3 is 2.17 bits per heavy atom. The van der Waals surface area contributed by atoms with Gasteiger partial charge < -0.3 is 10.2 Å². The summed E-state index contributed by atoms with van der Waals surface area (Å²) < 4.78 is 42.2. The Hall–Kier alpha value is -3.72. The van der Waals surface area contributed by atoms with Crippen molar-refractivity contribution in [2.45, 2.75) is 69.5 Å². The number of nitrogens with one attached hydrogen (secondary N) is 1. The first-order chi connectivity index (χ1) is 19.2. The topological polar surface area (TPSA) is 86.8 Å². The highest BCUT2D eigenvalue weighted by atomic mass is 32.2. The minimum absolute atomic E-state index is 0.0816. The Balaban J connectivity index is 1.69. The number of amides is 2. The van der Waals surface area contributed by atoms with Crippen molar-refractivity contribution in [1.82, 2.24) is 10.2 Å². The largest absolute Gasteiger partial charge is 0.352 e. The Morgan fingerprint density at radius 1 is 0.950 bits per heavy atom. The van der Waals surface area contributed by atoms with Gasteiger partial charge in [0.25, 0.3) is 10.0 Å². The van der Waals surface area contributed by atoms with E-state index in [9.17, 15) is 22.4 Å². The van der Waals surface area contributed by atoms with Gasteiger partial charge in [0.1, 0.15) is 18.4 Å². The Bertz CT molecular complexity index is 1390. The third kappa shape index (κ3) is 7.07. The van der Waals surface area contributed by atoms with Crippen LogP contribution in [0, 0.1) is 12.7 Å². The van der Waals surface area contributed by atoms with Crippen LogP contribution in [0.25, 0.3) is 0 Å². The lowest BCUT2D eigenvalue weighted by molar-refractivity contribution is -0.140. The molecule has 7 nitrogen and oxygen atoms in total. The highest BCUT2D eigenvalue weighted by molar-refractivity contribution is 7.92. The van der Waals surface area contributed by atoms with Gasteiger partial charge in [-0.3, -0.25) is 13.9 Å². The number of aryl methyl sites for hydroxylation is 1. The molecule has 0 unspecified atom stereocenters. The van der Waals surface area contributed by atoms with E-state index in [2.05, 4.69) is 5.32 Å². The number of rotatable bonds is 11. The molecule has 1 fully saturated rings. The lowest BCUT2D eigenvalue weighted by Gasteiger charge is -2.33. The number of hydrogen-bond acceptors (Lipinski definition) is 4. The summed E-state index contributed by atoms with van der Waals surface area (Å²) in [5.74, 6) is -1.31. The summed E-state index contributed by atoms with van der Waals surface area (Å²) in [6.45, 7) is 3.35. The van der Waals surface area contributed by atoms with Gasteiger partial charge in [-0.1, -0.05) is 67.8 Å². The third-order valence-corrected chi connectivity index (χ3v) is 9.07. The molecule has 0 saturated heterocycles. The second-order valence-electron chi connectivity index (χ2n) is 10.2. The van der Waals surface area contributed by atoms with E-state index < -0.39 is 34.3 Å². The molecule has 9 heteroatoms. The minimum atomic E-state index is -4.24. The smallest absolute Gasteiger partial charge is 0.264 e. The molecule has 0 bridgehead atoms. The van der Waals surface area contributed by atoms with E-state index in [0.29, 0.717) is 12.1 Å². The maximum atomic E-state index is 14.1. The van der Waals surface area contributed by atoms with Gasteiger partial charge in [-0.15, -0.1) is 0 Å². The number of nitrogens with zero attached hydrogens (tertiary/aromatic N) is 2. The van der Waals surface area contributed by atoms with Crippen LogP contribution in [0.5, 0.6) is 0 Å². The average Bonchev–Trinajstić information content (AvgIpc) is 3.46. The van der Waals surface area contributed by atoms with E-state index in [1.165, 1.54) is 17.0 Å². The normalized spacial score (nSPS) is 14.5. The van der Waals surface area contributed by atoms with Gasteiger partial charge in [-0.2, -0.15) is 0 Å². The number of sulfonamides is 1. The fourth-order valence-corrected chi connectivity index (χ4v) is 6.45. The number of benzene rings is 3. The van der Waals surface area contributed by atoms with Gasteiger partial charge in [0.15, 0.2) is 0 Å². The molecule has 1 atom stereocenters. The predicted molar refractivity (Wildman–Crippen MR) is 154 cm³/mol. The van der Waals surface area contributed by atoms with Crippen molar-refractivity contribution < 1.29 is 22.4 Å². The van der Waals surface area contributed by atoms with Crippen molar-refractivity contribution in [1.29, 1.82) is 0 Å². The second kappa shape index (κ2) is 13.1. The maximum absolute atomic E-state index is 14.1.